The van der Waals surface area contributed by atoms with Gasteiger partial charge in [0.25, 0.3) is 11.8 Å². The Morgan fingerprint density at radius 3 is 2.77 bits per heavy atom. The fourth-order valence-electron chi connectivity index (χ4n) is 3.20. The highest BCUT2D eigenvalue weighted by Gasteiger charge is 2.21. The second-order valence-corrected chi connectivity index (χ2v) is 8.97. The number of carbonyl (C=O) groups excluding carboxylic acids is 1. The largest absolute Gasteiger partial charge is 0.459 e. The van der Waals surface area contributed by atoms with E-state index in [4.69, 9.17) is 13.8 Å². The molecule has 0 aliphatic heterocycles. The van der Waals surface area contributed by atoms with Crippen molar-refractivity contribution in [3.63, 3.8) is 0 Å². The van der Waals surface area contributed by atoms with Crippen LogP contribution in [0.5, 0.6) is 0 Å². The van der Waals surface area contributed by atoms with Gasteiger partial charge in [-0.05, 0) is 42.8 Å². The topological polar surface area (TPSA) is 85.3 Å². The molecule has 0 unspecified atom stereocenters. The summed E-state index contributed by atoms with van der Waals surface area (Å²) in [7, 11) is 0. The number of amides is 1. The number of thiazole rings is 1. The van der Waals surface area contributed by atoms with Crippen LogP contribution < -0.4 is 0 Å². The molecule has 31 heavy (non-hydrogen) atoms. The zero-order valence-corrected chi connectivity index (χ0v) is 18.3. The van der Waals surface area contributed by atoms with Gasteiger partial charge in [-0.25, -0.2) is 4.98 Å². The zero-order valence-electron chi connectivity index (χ0n) is 16.6. The fraction of sp³-hybridized carbons (Fsp3) is 0.182. The van der Waals surface area contributed by atoms with E-state index in [1.807, 2.05) is 37.3 Å². The molecule has 0 aliphatic rings. The first-order valence-electron chi connectivity index (χ1n) is 9.82. The Hall–Kier alpha value is -3.30. The van der Waals surface area contributed by atoms with Gasteiger partial charge in [0.2, 0.25) is 5.89 Å². The third-order valence-corrected chi connectivity index (χ3v) is 6.91. The lowest BCUT2D eigenvalue weighted by Gasteiger charge is -2.19. The summed E-state index contributed by atoms with van der Waals surface area (Å²) >= 11 is 3.08. The Balaban J connectivity index is 1.35. The highest BCUT2D eigenvalue weighted by atomic mass is 32.1. The van der Waals surface area contributed by atoms with E-state index in [2.05, 4.69) is 16.3 Å². The number of para-hydroxylation sites is 1. The SMILES string of the molecule is CCCN(Cc1nnc(-c2ccco2)o1)C(=O)c1ccc(-c2nc3ccccc3s2)s1. The van der Waals surface area contributed by atoms with E-state index in [0.717, 1.165) is 26.5 Å². The van der Waals surface area contributed by atoms with E-state index < -0.39 is 0 Å². The maximum Gasteiger partial charge on any atom is 0.283 e. The molecular weight excluding hydrogens is 432 g/mol. The minimum atomic E-state index is -0.0584. The summed E-state index contributed by atoms with van der Waals surface area (Å²) in [5.74, 6) is 1.12. The molecule has 156 valence electrons. The van der Waals surface area contributed by atoms with E-state index in [0.29, 0.717) is 29.0 Å². The molecule has 1 amide bonds. The van der Waals surface area contributed by atoms with Crippen LogP contribution in [0.3, 0.4) is 0 Å². The lowest BCUT2D eigenvalue weighted by molar-refractivity contribution is 0.0733. The van der Waals surface area contributed by atoms with Crippen LogP contribution in [0, 0.1) is 0 Å². The second-order valence-electron chi connectivity index (χ2n) is 6.86. The van der Waals surface area contributed by atoms with Crippen LogP contribution in [0.2, 0.25) is 0 Å². The minimum absolute atomic E-state index is 0.0584. The fourth-order valence-corrected chi connectivity index (χ4v) is 5.20. The molecule has 0 spiro atoms. The molecule has 0 atom stereocenters. The molecule has 0 bridgehead atoms. The molecule has 0 aliphatic carbocycles. The van der Waals surface area contributed by atoms with Crippen LogP contribution >= 0.6 is 22.7 Å². The maximum absolute atomic E-state index is 13.2. The smallest absolute Gasteiger partial charge is 0.283 e. The minimum Gasteiger partial charge on any atom is -0.459 e. The molecular formula is C22H18N4O3S2. The van der Waals surface area contributed by atoms with Gasteiger partial charge >= 0.3 is 0 Å². The summed E-state index contributed by atoms with van der Waals surface area (Å²) in [6.07, 6.45) is 2.37. The molecule has 0 saturated heterocycles. The Kier molecular flexibility index (Phi) is 5.35. The van der Waals surface area contributed by atoms with Crippen molar-refractivity contribution in [2.45, 2.75) is 19.9 Å². The van der Waals surface area contributed by atoms with E-state index >= 15 is 0 Å². The van der Waals surface area contributed by atoms with Gasteiger partial charge in [-0.3, -0.25) is 4.79 Å². The van der Waals surface area contributed by atoms with Crippen molar-refractivity contribution >= 4 is 38.8 Å². The van der Waals surface area contributed by atoms with Crippen LogP contribution in [-0.4, -0.2) is 32.5 Å². The summed E-state index contributed by atoms with van der Waals surface area (Å²) in [5.41, 5.74) is 0.972. The predicted octanol–water partition coefficient (Wildman–Crippen LogP) is 5.72. The number of fused-ring (bicyclic) bond motifs is 1. The molecule has 5 aromatic rings. The van der Waals surface area contributed by atoms with Crippen LogP contribution in [0.4, 0.5) is 0 Å². The van der Waals surface area contributed by atoms with E-state index in [1.165, 1.54) is 11.3 Å². The molecule has 5 rings (SSSR count). The number of thiophene rings is 1. The summed E-state index contributed by atoms with van der Waals surface area (Å²) in [6.45, 7) is 2.86. The lowest BCUT2D eigenvalue weighted by atomic mass is 10.3. The van der Waals surface area contributed by atoms with Crippen molar-refractivity contribution in [1.29, 1.82) is 0 Å². The second kappa shape index (κ2) is 8.44. The van der Waals surface area contributed by atoms with Crippen LogP contribution in [0.25, 0.3) is 31.8 Å². The normalized spacial score (nSPS) is 11.3. The van der Waals surface area contributed by atoms with Crippen molar-refractivity contribution < 1.29 is 13.6 Å². The van der Waals surface area contributed by atoms with Crippen molar-refractivity contribution in [2.24, 2.45) is 0 Å². The van der Waals surface area contributed by atoms with Gasteiger partial charge in [0.15, 0.2) is 5.76 Å². The number of carbonyl (C=O) groups is 1. The maximum atomic E-state index is 13.2. The average Bonchev–Trinajstić information content (AvgIpc) is 3.58. The van der Waals surface area contributed by atoms with Gasteiger partial charge in [-0.2, -0.15) is 0 Å². The van der Waals surface area contributed by atoms with Gasteiger partial charge in [-0.1, -0.05) is 19.1 Å². The lowest BCUT2D eigenvalue weighted by Crippen LogP contribution is -2.30. The summed E-state index contributed by atoms with van der Waals surface area (Å²) in [4.78, 5) is 21.3. The van der Waals surface area contributed by atoms with Crippen molar-refractivity contribution in [3.05, 3.63) is 65.6 Å². The highest BCUT2D eigenvalue weighted by molar-refractivity contribution is 7.26. The van der Waals surface area contributed by atoms with Gasteiger partial charge in [-0.15, -0.1) is 32.9 Å². The summed E-state index contributed by atoms with van der Waals surface area (Å²) < 4.78 is 12.1. The highest BCUT2D eigenvalue weighted by Crippen LogP contribution is 2.35. The molecule has 4 aromatic heterocycles. The Bertz CT molecular complexity index is 1290. The quantitative estimate of drug-likeness (QED) is 0.315. The number of nitrogens with zero attached hydrogens (tertiary/aromatic N) is 4. The molecule has 0 fully saturated rings. The molecule has 1 aromatic carbocycles. The number of rotatable bonds is 7. The van der Waals surface area contributed by atoms with Gasteiger partial charge < -0.3 is 13.7 Å². The molecule has 9 heteroatoms. The van der Waals surface area contributed by atoms with Crippen LogP contribution in [-0.2, 0) is 6.54 Å². The number of aromatic nitrogens is 3. The molecule has 0 N–H and O–H groups in total. The first kappa shape index (κ1) is 19.7. The van der Waals surface area contributed by atoms with E-state index in [9.17, 15) is 4.79 Å². The first-order valence-corrected chi connectivity index (χ1v) is 11.5. The number of furan rings is 1. The van der Waals surface area contributed by atoms with Crippen molar-refractivity contribution in [3.8, 4) is 21.5 Å². The average molecular weight is 451 g/mol. The first-order chi connectivity index (χ1) is 15.2. The number of hydrogen-bond donors (Lipinski definition) is 0. The Labute approximate surface area is 186 Å². The molecule has 0 radical (unpaired) electrons. The molecule has 7 nitrogen and oxygen atoms in total. The van der Waals surface area contributed by atoms with Crippen LogP contribution in [0.1, 0.15) is 28.9 Å². The number of hydrogen-bond acceptors (Lipinski definition) is 8. The third-order valence-electron chi connectivity index (χ3n) is 4.63. The van der Waals surface area contributed by atoms with Crippen molar-refractivity contribution in [1.82, 2.24) is 20.1 Å². The monoisotopic (exact) mass is 450 g/mol. The Morgan fingerprint density at radius 2 is 1.97 bits per heavy atom. The predicted molar refractivity (Wildman–Crippen MR) is 120 cm³/mol. The molecule has 0 saturated carbocycles. The van der Waals surface area contributed by atoms with E-state index in [1.54, 1.807) is 34.6 Å². The van der Waals surface area contributed by atoms with Gasteiger partial charge in [0.05, 0.1) is 32.8 Å². The molecule has 4 heterocycles. The summed E-state index contributed by atoms with van der Waals surface area (Å²) in [6, 6.07) is 15.4. The van der Waals surface area contributed by atoms with Crippen LogP contribution in [0.15, 0.2) is 63.6 Å². The third kappa shape index (κ3) is 4.01. The zero-order chi connectivity index (χ0) is 21.2. The van der Waals surface area contributed by atoms with Crippen molar-refractivity contribution in [2.75, 3.05) is 6.54 Å². The standard InChI is InChI=1S/C22H18N4O3S2/c1-2-11-26(13-19-24-25-20(29-19)15-7-5-12-28-15)22(27)18-10-9-17(30-18)21-23-14-6-3-4-8-16(14)31-21/h3-10,12H,2,11,13H2,1H3. The van der Waals surface area contributed by atoms with Gasteiger partial charge in [0.1, 0.15) is 5.01 Å². The summed E-state index contributed by atoms with van der Waals surface area (Å²) in [5, 5.41) is 9.01. The number of benzene rings is 1. The van der Waals surface area contributed by atoms with Gasteiger partial charge in [0, 0.05) is 6.54 Å². The van der Waals surface area contributed by atoms with E-state index in [-0.39, 0.29) is 12.5 Å². The Morgan fingerprint density at radius 1 is 1.06 bits per heavy atom.